The third-order valence-corrected chi connectivity index (χ3v) is 6.67. The van der Waals surface area contributed by atoms with Gasteiger partial charge in [0.1, 0.15) is 0 Å². The average molecular weight is 393 g/mol. The normalized spacial score (nSPS) is 17.9. The molecule has 1 N–H and O–H groups in total. The highest BCUT2D eigenvalue weighted by Gasteiger charge is 2.30. The van der Waals surface area contributed by atoms with Crippen molar-refractivity contribution in [1.29, 1.82) is 0 Å². The molecule has 1 atom stereocenters. The zero-order valence-electron chi connectivity index (χ0n) is 14.5. The Balaban J connectivity index is 1.95. The Bertz CT molecular complexity index is 915. The molecule has 1 aliphatic heterocycles. The number of nitrogens with zero attached hydrogens (tertiary/aromatic N) is 1. The number of rotatable bonds is 4. The fourth-order valence-electron chi connectivity index (χ4n) is 3.13. The van der Waals surface area contributed by atoms with Crippen LogP contribution in [0.15, 0.2) is 53.4 Å². The molecule has 1 amide bonds. The third-order valence-electron chi connectivity index (χ3n) is 4.59. The SMILES string of the molecule is CCS(=O)(=O)c1cccc(C(=O)N2CCNCC2c2ccccc2Cl)c1. The highest BCUT2D eigenvalue weighted by molar-refractivity contribution is 7.91. The van der Waals surface area contributed by atoms with E-state index in [1.807, 2.05) is 24.3 Å². The summed E-state index contributed by atoms with van der Waals surface area (Å²) in [5.74, 6) is -0.190. The number of carbonyl (C=O) groups excluding carboxylic acids is 1. The van der Waals surface area contributed by atoms with Crippen molar-refractivity contribution in [3.8, 4) is 0 Å². The maximum absolute atomic E-state index is 13.1. The summed E-state index contributed by atoms with van der Waals surface area (Å²) < 4.78 is 24.3. The monoisotopic (exact) mass is 392 g/mol. The molecule has 1 heterocycles. The predicted octanol–water partition coefficient (Wildman–Crippen LogP) is 2.92. The molecule has 7 heteroatoms. The number of benzene rings is 2. The first-order valence-corrected chi connectivity index (χ1v) is 10.6. The topological polar surface area (TPSA) is 66.5 Å². The molecule has 5 nitrogen and oxygen atoms in total. The van der Waals surface area contributed by atoms with Gasteiger partial charge < -0.3 is 10.2 Å². The van der Waals surface area contributed by atoms with Gasteiger partial charge in [-0.15, -0.1) is 0 Å². The van der Waals surface area contributed by atoms with Gasteiger partial charge in [0.05, 0.1) is 16.7 Å². The quantitative estimate of drug-likeness (QED) is 0.868. The van der Waals surface area contributed by atoms with Crippen LogP contribution in [-0.4, -0.2) is 44.6 Å². The van der Waals surface area contributed by atoms with E-state index in [1.54, 1.807) is 24.0 Å². The Morgan fingerprint density at radius 1 is 1.23 bits per heavy atom. The fourth-order valence-corrected chi connectivity index (χ4v) is 4.31. The molecule has 0 aromatic heterocycles. The van der Waals surface area contributed by atoms with Crippen LogP contribution in [0.1, 0.15) is 28.9 Å². The van der Waals surface area contributed by atoms with Crippen molar-refractivity contribution in [2.75, 3.05) is 25.4 Å². The summed E-state index contributed by atoms with van der Waals surface area (Å²) in [7, 11) is -3.36. The van der Waals surface area contributed by atoms with Crippen LogP contribution in [0.2, 0.25) is 5.02 Å². The number of sulfone groups is 1. The smallest absolute Gasteiger partial charge is 0.254 e. The highest BCUT2D eigenvalue weighted by atomic mass is 35.5. The van der Waals surface area contributed by atoms with E-state index in [9.17, 15) is 13.2 Å². The fraction of sp³-hybridized carbons (Fsp3) is 0.316. The summed E-state index contributed by atoms with van der Waals surface area (Å²) in [5, 5.41) is 3.91. The maximum atomic E-state index is 13.1. The van der Waals surface area contributed by atoms with Gasteiger partial charge in [-0.3, -0.25) is 4.79 Å². The number of hydrogen-bond acceptors (Lipinski definition) is 4. The van der Waals surface area contributed by atoms with Crippen LogP contribution in [0.3, 0.4) is 0 Å². The van der Waals surface area contributed by atoms with Crippen molar-refractivity contribution in [2.24, 2.45) is 0 Å². The van der Waals surface area contributed by atoms with E-state index in [4.69, 9.17) is 11.6 Å². The lowest BCUT2D eigenvalue weighted by atomic mass is 10.0. The molecule has 2 aromatic rings. The van der Waals surface area contributed by atoms with Crippen LogP contribution in [-0.2, 0) is 9.84 Å². The molecule has 0 saturated carbocycles. The summed E-state index contributed by atoms with van der Waals surface area (Å²) >= 11 is 6.33. The molecular formula is C19H21ClN2O3S. The van der Waals surface area contributed by atoms with E-state index in [-0.39, 0.29) is 22.6 Å². The zero-order valence-corrected chi connectivity index (χ0v) is 16.1. The second kappa shape index (κ2) is 7.78. The molecule has 0 bridgehead atoms. The van der Waals surface area contributed by atoms with Gasteiger partial charge in [0, 0.05) is 30.2 Å². The summed E-state index contributed by atoms with van der Waals surface area (Å²) in [6.07, 6.45) is 0. The molecule has 0 radical (unpaired) electrons. The molecule has 2 aromatic carbocycles. The van der Waals surface area contributed by atoms with E-state index < -0.39 is 9.84 Å². The van der Waals surface area contributed by atoms with Gasteiger partial charge in [-0.05, 0) is 29.8 Å². The van der Waals surface area contributed by atoms with Gasteiger partial charge >= 0.3 is 0 Å². The first kappa shape index (κ1) is 18.9. The van der Waals surface area contributed by atoms with Gasteiger partial charge in [0.2, 0.25) is 0 Å². The van der Waals surface area contributed by atoms with Gasteiger partial charge in [0.15, 0.2) is 9.84 Å². The van der Waals surface area contributed by atoms with Crippen molar-refractivity contribution in [3.05, 3.63) is 64.7 Å². The standard InChI is InChI=1S/C19H21ClN2O3S/c1-2-26(24,25)15-7-5-6-14(12-15)19(23)22-11-10-21-13-18(22)16-8-3-4-9-17(16)20/h3-9,12,18,21H,2,10-11,13H2,1H3. The largest absolute Gasteiger partial charge is 0.329 e. The van der Waals surface area contributed by atoms with Crippen LogP contribution in [0.4, 0.5) is 0 Å². The zero-order chi connectivity index (χ0) is 18.7. The predicted molar refractivity (Wildman–Crippen MR) is 102 cm³/mol. The van der Waals surface area contributed by atoms with Gasteiger partial charge in [0.25, 0.3) is 5.91 Å². The first-order chi connectivity index (χ1) is 12.4. The van der Waals surface area contributed by atoms with E-state index in [0.29, 0.717) is 30.2 Å². The van der Waals surface area contributed by atoms with Crippen molar-refractivity contribution >= 4 is 27.3 Å². The summed E-state index contributed by atoms with van der Waals surface area (Å²) in [5.41, 5.74) is 1.26. The molecule has 26 heavy (non-hydrogen) atoms. The Hall–Kier alpha value is -1.89. The van der Waals surface area contributed by atoms with Gasteiger partial charge in [-0.2, -0.15) is 0 Å². The second-order valence-electron chi connectivity index (χ2n) is 6.17. The number of piperazine rings is 1. The third kappa shape index (κ3) is 3.77. The van der Waals surface area contributed by atoms with E-state index in [0.717, 1.165) is 5.56 Å². The van der Waals surface area contributed by atoms with Crippen LogP contribution >= 0.6 is 11.6 Å². The number of halogens is 1. The highest BCUT2D eigenvalue weighted by Crippen LogP contribution is 2.30. The first-order valence-electron chi connectivity index (χ1n) is 8.53. The molecule has 1 saturated heterocycles. The average Bonchev–Trinajstić information content (AvgIpc) is 2.68. The number of hydrogen-bond donors (Lipinski definition) is 1. The van der Waals surface area contributed by atoms with Crippen LogP contribution in [0.5, 0.6) is 0 Å². The van der Waals surface area contributed by atoms with Gasteiger partial charge in [-0.1, -0.05) is 42.8 Å². The maximum Gasteiger partial charge on any atom is 0.254 e. The Morgan fingerprint density at radius 3 is 2.73 bits per heavy atom. The lowest BCUT2D eigenvalue weighted by Crippen LogP contribution is -2.48. The van der Waals surface area contributed by atoms with E-state index in [1.165, 1.54) is 12.1 Å². The minimum atomic E-state index is -3.36. The number of amides is 1. The minimum Gasteiger partial charge on any atom is -0.329 e. The summed E-state index contributed by atoms with van der Waals surface area (Å²) in [6.45, 7) is 3.40. The minimum absolute atomic E-state index is 0.000522. The molecule has 138 valence electrons. The van der Waals surface area contributed by atoms with Crippen LogP contribution < -0.4 is 5.32 Å². The number of nitrogens with one attached hydrogen (secondary N) is 1. The molecular weight excluding hydrogens is 372 g/mol. The van der Waals surface area contributed by atoms with Crippen molar-refractivity contribution in [1.82, 2.24) is 10.2 Å². The van der Waals surface area contributed by atoms with E-state index in [2.05, 4.69) is 5.32 Å². The molecule has 3 rings (SSSR count). The molecule has 1 aliphatic rings. The van der Waals surface area contributed by atoms with Crippen molar-refractivity contribution in [3.63, 3.8) is 0 Å². The molecule has 0 spiro atoms. The molecule has 1 unspecified atom stereocenters. The molecule has 1 fully saturated rings. The summed E-state index contributed by atoms with van der Waals surface area (Å²) in [4.78, 5) is 15.1. The van der Waals surface area contributed by atoms with Crippen molar-refractivity contribution in [2.45, 2.75) is 17.9 Å². The lowest BCUT2D eigenvalue weighted by Gasteiger charge is -2.37. The Labute approximate surface area is 158 Å². The van der Waals surface area contributed by atoms with E-state index >= 15 is 0 Å². The number of carbonyl (C=O) groups is 1. The van der Waals surface area contributed by atoms with Crippen molar-refractivity contribution < 1.29 is 13.2 Å². The summed E-state index contributed by atoms with van der Waals surface area (Å²) in [6, 6.07) is 13.5. The molecule has 0 aliphatic carbocycles. The lowest BCUT2D eigenvalue weighted by molar-refractivity contribution is 0.0634. The van der Waals surface area contributed by atoms with Gasteiger partial charge in [-0.25, -0.2) is 8.42 Å². The Kier molecular flexibility index (Phi) is 5.65. The van der Waals surface area contributed by atoms with Crippen LogP contribution in [0.25, 0.3) is 0 Å². The van der Waals surface area contributed by atoms with Crippen LogP contribution in [0, 0.1) is 0 Å². The second-order valence-corrected chi connectivity index (χ2v) is 8.86. The Morgan fingerprint density at radius 2 is 2.00 bits per heavy atom.